The van der Waals surface area contributed by atoms with Crippen LogP contribution < -0.4 is 5.32 Å². The quantitative estimate of drug-likeness (QED) is 0.884. The van der Waals surface area contributed by atoms with Gasteiger partial charge in [-0.1, -0.05) is 6.07 Å². The fourth-order valence-electron chi connectivity index (χ4n) is 2.20. The summed E-state index contributed by atoms with van der Waals surface area (Å²) in [5.74, 6) is 0. The maximum absolute atomic E-state index is 12.1. The molecule has 0 bridgehead atoms. The number of rotatable bonds is 3. The van der Waals surface area contributed by atoms with Gasteiger partial charge in [-0.15, -0.1) is 0 Å². The van der Waals surface area contributed by atoms with Gasteiger partial charge in [0.05, 0.1) is 12.1 Å². The molecule has 0 fully saturated rings. The number of nitrogens with one attached hydrogen (secondary N) is 1. The minimum Gasteiger partial charge on any atom is -0.308 e. The highest BCUT2D eigenvalue weighted by Gasteiger charge is 2.27. The Balaban J connectivity index is 1.95. The van der Waals surface area contributed by atoms with Crippen molar-refractivity contribution in [1.29, 1.82) is 0 Å². The van der Waals surface area contributed by atoms with Crippen LogP contribution in [0.1, 0.15) is 36.6 Å². The molecule has 1 aliphatic carbocycles. The van der Waals surface area contributed by atoms with Crippen LogP contribution in [0.15, 0.2) is 18.3 Å². The molecule has 0 aliphatic heterocycles. The molecule has 94 valence electrons. The van der Waals surface area contributed by atoms with Crippen LogP contribution in [0, 0.1) is 0 Å². The average Bonchev–Trinajstić information content (AvgIpc) is 2.28. The molecular formula is C12H15F3N2. The van der Waals surface area contributed by atoms with Crippen molar-refractivity contribution in [2.75, 3.05) is 6.54 Å². The van der Waals surface area contributed by atoms with E-state index in [-0.39, 0.29) is 12.6 Å². The Morgan fingerprint density at radius 1 is 1.41 bits per heavy atom. The SMILES string of the molecule is FC(F)(F)CCNC1CCCc2cccnc21. The smallest absolute Gasteiger partial charge is 0.308 e. The first-order valence-electron chi connectivity index (χ1n) is 5.80. The van der Waals surface area contributed by atoms with E-state index in [9.17, 15) is 13.2 Å². The predicted octanol–water partition coefficient (Wildman–Crippen LogP) is 3.00. The maximum atomic E-state index is 12.1. The molecule has 1 aromatic rings. The third-order valence-corrected chi connectivity index (χ3v) is 2.99. The van der Waals surface area contributed by atoms with Crippen LogP contribution in [0.5, 0.6) is 0 Å². The van der Waals surface area contributed by atoms with Gasteiger partial charge in [-0.2, -0.15) is 13.2 Å². The first-order chi connectivity index (χ1) is 8.06. The molecule has 0 saturated heterocycles. The summed E-state index contributed by atoms with van der Waals surface area (Å²) in [6.07, 6.45) is -0.340. The molecule has 0 aromatic carbocycles. The second-order valence-electron chi connectivity index (χ2n) is 4.31. The summed E-state index contributed by atoms with van der Waals surface area (Å²) in [5.41, 5.74) is 2.07. The largest absolute Gasteiger partial charge is 0.390 e. The normalized spacial score (nSPS) is 20.1. The highest BCUT2D eigenvalue weighted by molar-refractivity contribution is 5.25. The summed E-state index contributed by atoms with van der Waals surface area (Å²) in [5, 5.41) is 2.95. The van der Waals surface area contributed by atoms with Crippen molar-refractivity contribution in [2.24, 2.45) is 0 Å². The maximum Gasteiger partial charge on any atom is 0.390 e. The van der Waals surface area contributed by atoms with E-state index >= 15 is 0 Å². The molecule has 1 heterocycles. The number of nitrogens with zero attached hydrogens (tertiary/aromatic N) is 1. The van der Waals surface area contributed by atoms with Gasteiger partial charge >= 0.3 is 6.18 Å². The van der Waals surface area contributed by atoms with Crippen LogP contribution in [0.2, 0.25) is 0 Å². The number of aromatic nitrogens is 1. The van der Waals surface area contributed by atoms with Gasteiger partial charge < -0.3 is 5.32 Å². The van der Waals surface area contributed by atoms with Gasteiger partial charge in [-0.05, 0) is 30.9 Å². The van der Waals surface area contributed by atoms with Gasteiger partial charge in [0.25, 0.3) is 0 Å². The Kier molecular flexibility index (Phi) is 3.66. The van der Waals surface area contributed by atoms with Crippen LogP contribution in [0.4, 0.5) is 13.2 Å². The van der Waals surface area contributed by atoms with Crippen LogP contribution in [-0.2, 0) is 6.42 Å². The summed E-state index contributed by atoms with van der Waals surface area (Å²) in [4.78, 5) is 4.27. The van der Waals surface area contributed by atoms with Gasteiger partial charge in [0.1, 0.15) is 0 Å². The minimum atomic E-state index is -4.09. The monoisotopic (exact) mass is 244 g/mol. The van der Waals surface area contributed by atoms with E-state index in [1.165, 1.54) is 0 Å². The Labute approximate surface area is 98.2 Å². The fourth-order valence-corrected chi connectivity index (χ4v) is 2.20. The number of alkyl halides is 3. The lowest BCUT2D eigenvalue weighted by Gasteiger charge is -2.25. The summed E-state index contributed by atoms with van der Waals surface area (Å²) >= 11 is 0. The molecule has 1 N–H and O–H groups in total. The first kappa shape index (κ1) is 12.4. The standard InChI is InChI=1S/C12H15F3N2/c13-12(14,15)6-8-16-10-5-1-3-9-4-2-7-17-11(9)10/h2,4,7,10,16H,1,3,5-6,8H2. The third kappa shape index (κ3) is 3.43. The molecule has 1 aromatic heterocycles. The zero-order valence-corrected chi connectivity index (χ0v) is 9.43. The number of aryl methyl sites for hydroxylation is 1. The summed E-state index contributed by atoms with van der Waals surface area (Å²) < 4.78 is 36.2. The molecule has 17 heavy (non-hydrogen) atoms. The lowest BCUT2D eigenvalue weighted by Crippen LogP contribution is -2.29. The van der Waals surface area contributed by atoms with Gasteiger partial charge in [0.15, 0.2) is 0 Å². The second-order valence-corrected chi connectivity index (χ2v) is 4.31. The van der Waals surface area contributed by atoms with Gasteiger partial charge in [0.2, 0.25) is 0 Å². The van der Waals surface area contributed by atoms with E-state index < -0.39 is 12.6 Å². The molecule has 2 nitrogen and oxygen atoms in total. The van der Waals surface area contributed by atoms with E-state index in [4.69, 9.17) is 0 Å². The molecule has 5 heteroatoms. The van der Waals surface area contributed by atoms with Gasteiger partial charge in [-0.3, -0.25) is 4.98 Å². The van der Waals surface area contributed by atoms with Crippen molar-refractivity contribution in [3.05, 3.63) is 29.6 Å². The summed E-state index contributed by atoms with van der Waals surface area (Å²) in [6, 6.07) is 3.85. The number of fused-ring (bicyclic) bond motifs is 1. The number of pyridine rings is 1. The molecule has 1 atom stereocenters. The Morgan fingerprint density at radius 3 is 3.00 bits per heavy atom. The minimum absolute atomic E-state index is 0.0256. The zero-order valence-electron chi connectivity index (χ0n) is 9.43. The first-order valence-corrected chi connectivity index (χ1v) is 5.80. The molecular weight excluding hydrogens is 229 g/mol. The third-order valence-electron chi connectivity index (χ3n) is 2.99. The predicted molar refractivity (Wildman–Crippen MR) is 58.6 cm³/mol. The highest BCUT2D eigenvalue weighted by atomic mass is 19.4. The second kappa shape index (κ2) is 5.04. The number of hydrogen-bond acceptors (Lipinski definition) is 2. The van der Waals surface area contributed by atoms with E-state index in [2.05, 4.69) is 10.3 Å². The van der Waals surface area contributed by atoms with Gasteiger partial charge in [-0.25, -0.2) is 0 Å². The van der Waals surface area contributed by atoms with Crippen molar-refractivity contribution in [1.82, 2.24) is 10.3 Å². The van der Waals surface area contributed by atoms with E-state index in [1.807, 2.05) is 12.1 Å². The molecule has 0 amide bonds. The van der Waals surface area contributed by atoms with Gasteiger partial charge in [0, 0.05) is 18.8 Å². The topological polar surface area (TPSA) is 24.9 Å². The van der Waals surface area contributed by atoms with Crippen molar-refractivity contribution < 1.29 is 13.2 Å². The van der Waals surface area contributed by atoms with Crippen molar-refractivity contribution >= 4 is 0 Å². The zero-order chi connectivity index (χ0) is 12.3. The lowest BCUT2D eigenvalue weighted by atomic mass is 9.92. The molecule has 0 radical (unpaired) electrons. The highest BCUT2D eigenvalue weighted by Crippen LogP contribution is 2.28. The van der Waals surface area contributed by atoms with Crippen LogP contribution in [0.3, 0.4) is 0 Å². The summed E-state index contributed by atoms with van der Waals surface area (Å²) in [7, 11) is 0. The van der Waals surface area contributed by atoms with E-state index in [0.29, 0.717) is 0 Å². The Hall–Kier alpha value is -1.10. The number of halogens is 3. The lowest BCUT2D eigenvalue weighted by molar-refractivity contribution is -0.133. The van der Waals surface area contributed by atoms with Crippen LogP contribution in [-0.4, -0.2) is 17.7 Å². The van der Waals surface area contributed by atoms with Crippen molar-refractivity contribution in [2.45, 2.75) is 37.9 Å². The van der Waals surface area contributed by atoms with E-state index in [1.54, 1.807) is 6.20 Å². The molecule has 0 spiro atoms. The molecule has 2 rings (SSSR count). The fraction of sp³-hybridized carbons (Fsp3) is 0.583. The van der Waals surface area contributed by atoms with Crippen molar-refractivity contribution in [3.8, 4) is 0 Å². The van der Waals surface area contributed by atoms with Crippen molar-refractivity contribution in [3.63, 3.8) is 0 Å². The molecule has 0 saturated carbocycles. The molecule has 1 aliphatic rings. The van der Waals surface area contributed by atoms with E-state index in [0.717, 1.165) is 30.5 Å². The van der Waals surface area contributed by atoms with Crippen LogP contribution in [0.25, 0.3) is 0 Å². The Bertz CT molecular complexity index is 376. The number of hydrogen-bond donors (Lipinski definition) is 1. The van der Waals surface area contributed by atoms with Crippen LogP contribution >= 0.6 is 0 Å². The summed E-state index contributed by atoms with van der Waals surface area (Å²) in [6.45, 7) is -0.0375. The molecule has 1 unspecified atom stereocenters. The Morgan fingerprint density at radius 2 is 2.24 bits per heavy atom. The average molecular weight is 244 g/mol.